The Kier molecular flexibility index (Phi) is 7.13. The normalized spacial score (nSPS) is 10.8. The molecule has 0 spiro atoms. The van der Waals surface area contributed by atoms with Crippen molar-refractivity contribution in [2.24, 2.45) is 0 Å². The number of carbonyl (C=O) groups is 2. The maximum atomic E-state index is 12.7. The second kappa shape index (κ2) is 10.2. The number of carbonyl (C=O) groups excluding carboxylic acids is 2. The number of para-hydroxylation sites is 1. The molecule has 3 N–H and O–H groups in total. The van der Waals surface area contributed by atoms with Crippen LogP contribution in [0.1, 0.15) is 21.5 Å². The molecule has 0 aliphatic carbocycles. The zero-order chi connectivity index (χ0) is 23.4. The van der Waals surface area contributed by atoms with Crippen molar-refractivity contribution in [2.45, 2.75) is 13.3 Å². The Labute approximate surface area is 204 Å². The third-order valence-corrected chi connectivity index (χ3v) is 6.59. The topological polar surface area (TPSA) is 83.1 Å². The lowest BCUT2D eigenvalue weighted by atomic mass is 10.1. The second-order valence-electron chi connectivity index (χ2n) is 7.31. The van der Waals surface area contributed by atoms with Crippen LogP contribution in [0.4, 0.5) is 15.6 Å². The van der Waals surface area contributed by atoms with Gasteiger partial charge in [-0.2, -0.15) is 0 Å². The van der Waals surface area contributed by atoms with E-state index in [0.717, 1.165) is 15.8 Å². The van der Waals surface area contributed by atoms with E-state index in [0.29, 0.717) is 44.9 Å². The van der Waals surface area contributed by atoms with Crippen molar-refractivity contribution in [3.8, 4) is 0 Å². The molecular weight excluding hydrogens is 479 g/mol. The van der Waals surface area contributed by atoms with Gasteiger partial charge in [0.1, 0.15) is 0 Å². The highest BCUT2D eigenvalue weighted by Gasteiger charge is 2.13. The molecule has 1 heterocycles. The number of halogens is 2. The standard InChI is InChI=1S/C24H20Cl2N4O2S/c1-14-5-4-8-18(26)21(14)29-22(31)16-9-10-19-20(13-16)33-24(28-19)30-23(32)27-12-11-15-6-2-3-7-17(15)25/h2-10,13H,11-12H2,1H3,(H,29,31)(H2,27,28,30,32). The minimum atomic E-state index is -0.353. The molecule has 0 saturated heterocycles. The van der Waals surface area contributed by atoms with Crippen molar-refractivity contribution in [2.75, 3.05) is 17.2 Å². The number of aryl methyl sites for hydroxylation is 1. The zero-order valence-electron chi connectivity index (χ0n) is 17.6. The van der Waals surface area contributed by atoms with Gasteiger partial charge in [-0.1, -0.05) is 64.9 Å². The number of benzene rings is 3. The number of rotatable bonds is 6. The molecule has 0 aliphatic heterocycles. The molecule has 0 radical (unpaired) electrons. The summed E-state index contributed by atoms with van der Waals surface area (Å²) in [6.45, 7) is 2.32. The molecule has 0 fully saturated rings. The van der Waals surface area contributed by atoms with Crippen LogP contribution >= 0.6 is 34.5 Å². The molecule has 3 aromatic carbocycles. The van der Waals surface area contributed by atoms with Crippen molar-refractivity contribution < 1.29 is 9.59 Å². The molecule has 1 aromatic heterocycles. The van der Waals surface area contributed by atoms with E-state index in [-0.39, 0.29) is 11.9 Å². The Hall–Kier alpha value is -3.13. The van der Waals surface area contributed by atoms with Crippen molar-refractivity contribution in [1.29, 1.82) is 0 Å². The number of fused-ring (bicyclic) bond motifs is 1. The number of anilines is 2. The summed E-state index contributed by atoms with van der Waals surface area (Å²) in [5.41, 5.74) is 3.60. The highest BCUT2D eigenvalue weighted by atomic mass is 35.5. The lowest BCUT2D eigenvalue weighted by Gasteiger charge is -2.10. The number of hydrogen-bond acceptors (Lipinski definition) is 4. The van der Waals surface area contributed by atoms with Gasteiger partial charge in [0.2, 0.25) is 0 Å². The Morgan fingerprint density at radius 1 is 0.970 bits per heavy atom. The lowest BCUT2D eigenvalue weighted by molar-refractivity contribution is 0.102. The molecule has 33 heavy (non-hydrogen) atoms. The molecule has 3 amide bonds. The highest BCUT2D eigenvalue weighted by Crippen LogP contribution is 2.29. The van der Waals surface area contributed by atoms with Gasteiger partial charge in [-0.3, -0.25) is 10.1 Å². The summed E-state index contributed by atoms with van der Waals surface area (Å²) < 4.78 is 0.782. The Bertz CT molecular complexity index is 1320. The van der Waals surface area contributed by atoms with Crippen LogP contribution in [0.25, 0.3) is 10.2 Å². The highest BCUT2D eigenvalue weighted by molar-refractivity contribution is 7.22. The fraction of sp³-hybridized carbons (Fsp3) is 0.125. The van der Waals surface area contributed by atoms with Crippen molar-refractivity contribution in [3.63, 3.8) is 0 Å². The molecule has 4 aromatic rings. The maximum absolute atomic E-state index is 12.7. The van der Waals surface area contributed by atoms with Gasteiger partial charge in [0, 0.05) is 17.1 Å². The summed E-state index contributed by atoms with van der Waals surface area (Å²) in [7, 11) is 0. The maximum Gasteiger partial charge on any atom is 0.321 e. The molecule has 0 saturated carbocycles. The monoisotopic (exact) mass is 498 g/mol. The predicted octanol–water partition coefficient (Wildman–Crippen LogP) is 6.53. The van der Waals surface area contributed by atoms with Gasteiger partial charge in [0.05, 0.1) is 20.9 Å². The Morgan fingerprint density at radius 3 is 2.55 bits per heavy atom. The Balaban J connectivity index is 1.38. The van der Waals surface area contributed by atoms with E-state index in [9.17, 15) is 9.59 Å². The summed E-state index contributed by atoms with van der Waals surface area (Å²) in [5, 5.41) is 10.0. The summed E-state index contributed by atoms with van der Waals surface area (Å²) >= 11 is 13.6. The first kappa shape index (κ1) is 23.0. The second-order valence-corrected chi connectivity index (χ2v) is 9.15. The molecule has 0 aliphatic rings. The van der Waals surface area contributed by atoms with E-state index in [4.69, 9.17) is 23.2 Å². The van der Waals surface area contributed by atoms with Gasteiger partial charge < -0.3 is 10.6 Å². The number of amides is 3. The van der Waals surface area contributed by atoms with E-state index < -0.39 is 0 Å². The van der Waals surface area contributed by atoms with Crippen molar-refractivity contribution >= 4 is 67.5 Å². The summed E-state index contributed by atoms with van der Waals surface area (Å²) in [6.07, 6.45) is 0.621. The smallest absolute Gasteiger partial charge is 0.321 e. The molecular formula is C24H20Cl2N4O2S. The van der Waals surface area contributed by atoms with Gasteiger partial charge in [0.15, 0.2) is 5.13 Å². The van der Waals surface area contributed by atoms with Crippen LogP contribution in [-0.4, -0.2) is 23.5 Å². The van der Waals surface area contributed by atoms with Gasteiger partial charge in [-0.25, -0.2) is 9.78 Å². The predicted molar refractivity (Wildman–Crippen MR) is 136 cm³/mol. The molecule has 0 bridgehead atoms. The molecule has 0 atom stereocenters. The number of aromatic nitrogens is 1. The van der Waals surface area contributed by atoms with E-state index in [2.05, 4.69) is 20.9 Å². The lowest BCUT2D eigenvalue weighted by Crippen LogP contribution is -2.30. The van der Waals surface area contributed by atoms with Crippen LogP contribution in [0, 0.1) is 6.92 Å². The molecule has 168 valence electrons. The van der Waals surface area contributed by atoms with Gasteiger partial charge in [-0.15, -0.1) is 0 Å². The average molecular weight is 499 g/mol. The van der Waals surface area contributed by atoms with Gasteiger partial charge in [-0.05, 0) is 54.8 Å². The van der Waals surface area contributed by atoms with Crippen LogP contribution in [0.3, 0.4) is 0 Å². The first-order valence-corrected chi connectivity index (χ1v) is 11.7. The first-order valence-electron chi connectivity index (χ1n) is 10.2. The third-order valence-electron chi connectivity index (χ3n) is 4.97. The zero-order valence-corrected chi connectivity index (χ0v) is 19.9. The van der Waals surface area contributed by atoms with E-state index in [1.165, 1.54) is 11.3 Å². The number of urea groups is 1. The van der Waals surface area contributed by atoms with Crippen LogP contribution in [0.5, 0.6) is 0 Å². The molecule has 9 heteroatoms. The number of nitrogens with one attached hydrogen (secondary N) is 3. The number of hydrogen-bond donors (Lipinski definition) is 3. The molecule has 6 nitrogen and oxygen atoms in total. The van der Waals surface area contributed by atoms with E-state index in [1.807, 2.05) is 43.3 Å². The molecule has 4 rings (SSSR count). The summed E-state index contributed by atoms with van der Waals surface area (Å²) in [6, 6.07) is 17.8. The van der Waals surface area contributed by atoms with Crippen LogP contribution < -0.4 is 16.0 Å². The summed E-state index contributed by atoms with van der Waals surface area (Å²) in [4.78, 5) is 29.4. The fourth-order valence-corrected chi connectivity index (χ4v) is 4.65. The quantitative estimate of drug-likeness (QED) is 0.282. The summed E-state index contributed by atoms with van der Waals surface area (Å²) in [5.74, 6) is -0.270. The van der Waals surface area contributed by atoms with Gasteiger partial charge >= 0.3 is 6.03 Å². The third kappa shape index (κ3) is 5.63. The van der Waals surface area contributed by atoms with Crippen LogP contribution in [0.15, 0.2) is 60.7 Å². The average Bonchev–Trinajstić information content (AvgIpc) is 3.19. The number of thiazole rings is 1. The minimum absolute atomic E-state index is 0.270. The van der Waals surface area contributed by atoms with Crippen molar-refractivity contribution in [1.82, 2.24) is 10.3 Å². The fourth-order valence-electron chi connectivity index (χ4n) is 3.25. The Morgan fingerprint density at radius 2 is 1.76 bits per heavy atom. The van der Waals surface area contributed by atoms with Crippen LogP contribution in [0.2, 0.25) is 10.0 Å². The first-order chi connectivity index (χ1) is 15.9. The number of nitrogens with zero attached hydrogens (tertiary/aromatic N) is 1. The van der Waals surface area contributed by atoms with E-state index in [1.54, 1.807) is 24.3 Å². The van der Waals surface area contributed by atoms with Crippen LogP contribution in [-0.2, 0) is 6.42 Å². The molecule has 0 unspecified atom stereocenters. The minimum Gasteiger partial charge on any atom is -0.337 e. The largest absolute Gasteiger partial charge is 0.337 e. The van der Waals surface area contributed by atoms with Crippen molar-refractivity contribution in [3.05, 3.63) is 87.4 Å². The van der Waals surface area contributed by atoms with Gasteiger partial charge in [0.25, 0.3) is 5.91 Å². The SMILES string of the molecule is Cc1cccc(Cl)c1NC(=O)c1ccc2nc(NC(=O)NCCc3ccccc3Cl)sc2c1. The van der Waals surface area contributed by atoms with E-state index >= 15 is 0 Å².